The maximum atomic E-state index is 8.72. The van der Waals surface area contributed by atoms with Gasteiger partial charge in [-0.1, -0.05) is 18.6 Å². The molecule has 0 saturated carbocycles. The summed E-state index contributed by atoms with van der Waals surface area (Å²) in [5.74, 6) is 0. The number of benzene rings is 1. The lowest BCUT2D eigenvalue weighted by atomic mass is 10.2. The molecule has 1 heterocycles. The van der Waals surface area contributed by atoms with Crippen molar-refractivity contribution in [3.05, 3.63) is 30.6 Å². The number of fused-ring (bicyclic) bond motifs is 1. The highest BCUT2D eigenvalue weighted by atomic mass is 127. The van der Waals surface area contributed by atoms with Crippen LogP contribution in [0.4, 0.5) is 0 Å². The maximum Gasteiger partial charge on any atom is 0.244 e. The Morgan fingerprint density at radius 1 is 1.11 bits per heavy atom. The van der Waals surface area contributed by atoms with Crippen LogP contribution in [0, 0.1) is 0 Å². The monoisotopic (exact) mass is 360 g/mol. The highest BCUT2D eigenvalue weighted by molar-refractivity contribution is 5.71. The van der Waals surface area contributed by atoms with Gasteiger partial charge in [-0.3, -0.25) is 0 Å². The summed E-state index contributed by atoms with van der Waals surface area (Å²) in [7, 11) is 2.09. The molecule has 0 aliphatic heterocycles. The molecule has 2 aromatic rings. The SMILES string of the molecule is C[n+]1cn(CCCCCCO)c2ccccc21.[I-]. The highest BCUT2D eigenvalue weighted by Crippen LogP contribution is 2.11. The number of aliphatic hydroxyl groups is 1. The molecule has 0 amide bonds. The average Bonchev–Trinajstić information content (AvgIpc) is 2.67. The molecule has 0 spiro atoms. The van der Waals surface area contributed by atoms with Gasteiger partial charge in [-0.05, 0) is 31.4 Å². The van der Waals surface area contributed by atoms with Crippen molar-refractivity contribution in [2.45, 2.75) is 32.2 Å². The molecular formula is C14H21IN2O. The number of para-hydroxylation sites is 2. The molecule has 2 rings (SSSR count). The van der Waals surface area contributed by atoms with Gasteiger partial charge in [0.2, 0.25) is 6.33 Å². The van der Waals surface area contributed by atoms with Crippen LogP contribution in [0.1, 0.15) is 25.7 Å². The fourth-order valence-corrected chi connectivity index (χ4v) is 2.26. The number of aryl methyl sites for hydroxylation is 2. The minimum absolute atomic E-state index is 0. The Bertz CT molecular complexity index is 482. The van der Waals surface area contributed by atoms with Gasteiger partial charge in [0.25, 0.3) is 0 Å². The van der Waals surface area contributed by atoms with E-state index >= 15 is 0 Å². The predicted octanol–water partition coefficient (Wildman–Crippen LogP) is -0.977. The second-order valence-corrected chi connectivity index (χ2v) is 4.55. The summed E-state index contributed by atoms with van der Waals surface area (Å²) < 4.78 is 4.48. The third-order valence-corrected chi connectivity index (χ3v) is 3.19. The van der Waals surface area contributed by atoms with E-state index in [-0.39, 0.29) is 24.0 Å². The number of hydrogen-bond donors (Lipinski definition) is 1. The average molecular weight is 360 g/mol. The van der Waals surface area contributed by atoms with E-state index in [0.29, 0.717) is 6.61 Å². The molecule has 0 atom stereocenters. The number of hydrogen-bond acceptors (Lipinski definition) is 1. The lowest BCUT2D eigenvalue weighted by molar-refractivity contribution is -0.645. The van der Waals surface area contributed by atoms with Gasteiger partial charge < -0.3 is 29.1 Å². The fraction of sp³-hybridized carbons (Fsp3) is 0.500. The summed E-state index contributed by atoms with van der Waals surface area (Å²) in [6.07, 6.45) is 6.59. The predicted molar refractivity (Wildman–Crippen MR) is 68.7 cm³/mol. The lowest BCUT2D eigenvalue weighted by Gasteiger charge is -1.98. The zero-order chi connectivity index (χ0) is 12.1. The standard InChI is InChI=1S/C14H21N2O.HI/c1-15-12-16(10-6-2-3-7-11-17)14-9-5-4-8-13(14)15;/h4-5,8-9,12,17H,2-3,6-7,10-11H2,1H3;1H/q+1;/p-1. The molecule has 0 saturated heterocycles. The summed E-state index contributed by atoms with van der Waals surface area (Å²) in [6, 6.07) is 8.49. The second-order valence-electron chi connectivity index (χ2n) is 4.55. The summed E-state index contributed by atoms with van der Waals surface area (Å²) in [5, 5.41) is 8.72. The number of rotatable bonds is 6. The van der Waals surface area contributed by atoms with Gasteiger partial charge in [-0.25, -0.2) is 9.13 Å². The van der Waals surface area contributed by atoms with Gasteiger partial charge in [0.15, 0.2) is 11.0 Å². The van der Waals surface area contributed by atoms with Gasteiger partial charge >= 0.3 is 0 Å². The van der Waals surface area contributed by atoms with E-state index in [4.69, 9.17) is 5.11 Å². The van der Waals surface area contributed by atoms with Crippen molar-refractivity contribution in [1.82, 2.24) is 4.57 Å². The van der Waals surface area contributed by atoms with E-state index in [1.54, 1.807) is 0 Å². The Kier molecular flexibility index (Phi) is 6.63. The number of nitrogens with zero attached hydrogens (tertiary/aromatic N) is 2. The van der Waals surface area contributed by atoms with E-state index in [0.717, 1.165) is 19.4 Å². The second kappa shape index (κ2) is 7.74. The van der Waals surface area contributed by atoms with Crippen LogP contribution in [0.2, 0.25) is 0 Å². The Morgan fingerprint density at radius 3 is 2.61 bits per heavy atom. The fourth-order valence-electron chi connectivity index (χ4n) is 2.26. The van der Waals surface area contributed by atoms with E-state index < -0.39 is 0 Å². The Morgan fingerprint density at radius 2 is 1.83 bits per heavy atom. The van der Waals surface area contributed by atoms with Gasteiger partial charge in [-0.2, -0.15) is 0 Å². The molecule has 1 aromatic heterocycles. The van der Waals surface area contributed by atoms with Crippen LogP contribution in [0.15, 0.2) is 30.6 Å². The van der Waals surface area contributed by atoms with Gasteiger partial charge in [0.05, 0.1) is 13.6 Å². The van der Waals surface area contributed by atoms with Crippen molar-refractivity contribution in [2.24, 2.45) is 7.05 Å². The zero-order valence-electron chi connectivity index (χ0n) is 10.8. The molecule has 3 nitrogen and oxygen atoms in total. The largest absolute Gasteiger partial charge is 1.00 e. The van der Waals surface area contributed by atoms with Crippen LogP contribution < -0.4 is 28.5 Å². The first-order valence-corrected chi connectivity index (χ1v) is 6.37. The third kappa shape index (κ3) is 3.68. The molecule has 0 radical (unpaired) electrons. The van der Waals surface area contributed by atoms with Crippen molar-refractivity contribution in [2.75, 3.05) is 6.61 Å². The Balaban J connectivity index is 0.00000162. The van der Waals surface area contributed by atoms with Gasteiger partial charge in [-0.15, -0.1) is 0 Å². The smallest absolute Gasteiger partial charge is 0.244 e. The molecule has 0 unspecified atom stereocenters. The summed E-state index contributed by atoms with van der Waals surface area (Å²) in [6.45, 7) is 1.38. The molecule has 18 heavy (non-hydrogen) atoms. The van der Waals surface area contributed by atoms with Crippen LogP contribution >= 0.6 is 0 Å². The number of aliphatic hydroxyl groups excluding tert-OH is 1. The number of unbranched alkanes of at least 4 members (excludes halogenated alkanes) is 3. The van der Waals surface area contributed by atoms with Crippen molar-refractivity contribution in [3.8, 4) is 0 Å². The minimum atomic E-state index is 0. The minimum Gasteiger partial charge on any atom is -1.00 e. The van der Waals surface area contributed by atoms with E-state index in [1.807, 2.05) is 0 Å². The molecule has 1 N–H and O–H groups in total. The van der Waals surface area contributed by atoms with Crippen LogP contribution in [0.25, 0.3) is 11.0 Å². The lowest BCUT2D eigenvalue weighted by Crippen LogP contribution is -3.00. The van der Waals surface area contributed by atoms with E-state index in [2.05, 4.69) is 46.8 Å². The normalized spacial score (nSPS) is 10.6. The van der Waals surface area contributed by atoms with E-state index in [1.165, 1.54) is 23.9 Å². The molecule has 100 valence electrons. The molecule has 0 aliphatic carbocycles. The maximum absolute atomic E-state index is 8.72. The number of aromatic nitrogens is 2. The molecule has 1 aromatic carbocycles. The zero-order valence-corrected chi connectivity index (χ0v) is 13.0. The van der Waals surface area contributed by atoms with Crippen molar-refractivity contribution in [1.29, 1.82) is 0 Å². The van der Waals surface area contributed by atoms with Crippen LogP contribution in [0.5, 0.6) is 0 Å². The molecular weight excluding hydrogens is 339 g/mol. The molecule has 4 heteroatoms. The quantitative estimate of drug-likeness (QED) is 0.401. The topological polar surface area (TPSA) is 29.0 Å². The van der Waals surface area contributed by atoms with Crippen molar-refractivity contribution < 1.29 is 33.7 Å². The van der Waals surface area contributed by atoms with Crippen molar-refractivity contribution in [3.63, 3.8) is 0 Å². The van der Waals surface area contributed by atoms with Gasteiger partial charge in [0.1, 0.15) is 0 Å². The van der Waals surface area contributed by atoms with Crippen molar-refractivity contribution >= 4 is 11.0 Å². The van der Waals surface area contributed by atoms with Crippen LogP contribution in [0.3, 0.4) is 0 Å². The number of halogens is 1. The summed E-state index contributed by atoms with van der Waals surface area (Å²) in [4.78, 5) is 0. The first-order chi connectivity index (χ1) is 8.33. The third-order valence-electron chi connectivity index (χ3n) is 3.19. The van der Waals surface area contributed by atoms with Crippen LogP contribution in [-0.4, -0.2) is 16.3 Å². The molecule has 0 aliphatic rings. The Hall–Kier alpha value is -0.620. The summed E-state index contributed by atoms with van der Waals surface area (Å²) >= 11 is 0. The first-order valence-electron chi connectivity index (χ1n) is 6.37. The van der Waals surface area contributed by atoms with Crippen LogP contribution in [-0.2, 0) is 13.6 Å². The van der Waals surface area contributed by atoms with Gasteiger partial charge in [0, 0.05) is 6.61 Å². The summed E-state index contributed by atoms with van der Waals surface area (Å²) in [5.41, 5.74) is 2.58. The highest BCUT2D eigenvalue weighted by Gasteiger charge is 2.11. The molecule has 0 fully saturated rings. The number of imidazole rings is 1. The first kappa shape index (κ1) is 15.4. The van der Waals surface area contributed by atoms with E-state index in [9.17, 15) is 0 Å². The Labute approximate surface area is 125 Å². The molecule has 0 bridgehead atoms.